The van der Waals surface area contributed by atoms with Gasteiger partial charge in [0.1, 0.15) is 0 Å². The monoisotopic (exact) mass is 707 g/mol. The normalized spacial score (nSPS) is 14.2. The molecule has 3 rings (SSSR count). The lowest BCUT2D eigenvalue weighted by Crippen LogP contribution is -2.11. The van der Waals surface area contributed by atoms with Gasteiger partial charge in [-0.25, -0.2) is 4.68 Å². The number of allylic oxidation sites excluding steroid dienone is 5. The summed E-state index contributed by atoms with van der Waals surface area (Å²) in [6.07, 6.45) is 44.3. The molecule has 2 aromatic rings. The van der Waals surface area contributed by atoms with Crippen LogP contribution in [0.4, 0.5) is 0 Å². The highest BCUT2D eigenvalue weighted by molar-refractivity contribution is 6.17. The fourth-order valence-corrected chi connectivity index (χ4v) is 7.69. The summed E-state index contributed by atoms with van der Waals surface area (Å²) in [6, 6.07) is 17.4. The van der Waals surface area contributed by atoms with Crippen LogP contribution in [-0.4, -0.2) is 10.4 Å². The van der Waals surface area contributed by atoms with Crippen LogP contribution in [0.25, 0.3) is 11.5 Å². The minimum Gasteiger partial charge on any atom is -0.448 e. The van der Waals surface area contributed by atoms with E-state index in [9.17, 15) is 5.84 Å². The Kier molecular flexibility index (Phi) is 23.2. The molecule has 0 atom stereocenters. The van der Waals surface area contributed by atoms with Crippen molar-refractivity contribution in [1.82, 2.24) is 0 Å². The Bertz CT molecular complexity index is 1340. The van der Waals surface area contributed by atoms with Crippen molar-refractivity contribution in [3.63, 3.8) is 0 Å². The summed E-state index contributed by atoms with van der Waals surface area (Å²) in [5.74, 6) is 9.41. The quantitative estimate of drug-likeness (QED) is 0.0571. The van der Waals surface area contributed by atoms with Gasteiger partial charge in [0.2, 0.25) is 11.4 Å². The Morgan fingerprint density at radius 3 is 1.27 bits per heavy atom. The molecule has 1 N–H and O–H groups in total. The van der Waals surface area contributed by atoms with Gasteiger partial charge in [0.05, 0.1) is 11.1 Å². The van der Waals surface area contributed by atoms with Crippen molar-refractivity contribution in [1.29, 1.82) is 0 Å². The van der Waals surface area contributed by atoms with Crippen LogP contribution in [0.5, 0.6) is 0 Å². The van der Waals surface area contributed by atoms with Crippen LogP contribution in [0.1, 0.15) is 209 Å². The summed E-state index contributed by atoms with van der Waals surface area (Å²) in [5, 5.41) is 0. The average molecular weight is 707 g/mol. The van der Waals surface area contributed by atoms with Crippen LogP contribution >= 0.6 is 0 Å². The van der Waals surface area contributed by atoms with E-state index in [0.29, 0.717) is 0 Å². The summed E-state index contributed by atoms with van der Waals surface area (Å²) in [7, 11) is 0. The SMILES string of the molecule is CCCCCC=C1C(C=CCCCCCCCCCCCCCCCCCCCCCCCC)=C(c2ccc(C)cc2)[N+]([NH-])=C1c1ccc(C)cc1. The first-order valence-corrected chi connectivity index (χ1v) is 22.2. The molecule has 2 heteroatoms. The predicted octanol–water partition coefficient (Wildman–Crippen LogP) is 16.6. The molecule has 1 aliphatic rings. The van der Waals surface area contributed by atoms with Gasteiger partial charge in [-0.15, -0.1) is 0 Å². The first-order chi connectivity index (χ1) is 25.6. The number of nitrogens with one attached hydrogen (secondary N) is 1. The molecular formula is C50H78N2. The molecule has 0 aliphatic carbocycles. The number of rotatable bonds is 30. The minimum absolute atomic E-state index is 1.00. The summed E-state index contributed by atoms with van der Waals surface area (Å²) < 4.78 is 1.71. The van der Waals surface area contributed by atoms with E-state index in [0.717, 1.165) is 35.4 Å². The van der Waals surface area contributed by atoms with Crippen molar-refractivity contribution < 1.29 is 4.68 Å². The van der Waals surface area contributed by atoms with Gasteiger partial charge in [0, 0.05) is 11.1 Å². The molecule has 0 amide bonds. The van der Waals surface area contributed by atoms with Gasteiger partial charge < -0.3 is 5.84 Å². The largest absolute Gasteiger partial charge is 0.448 e. The predicted molar refractivity (Wildman–Crippen MR) is 231 cm³/mol. The fraction of sp³-hybridized carbons (Fsp3) is 0.620. The van der Waals surface area contributed by atoms with Gasteiger partial charge in [-0.2, -0.15) is 0 Å². The van der Waals surface area contributed by atoms with E-state index in [1.807, 2.05) is 0 Å². The molecule has 0 bridgehead atoms. The van der Waals surface area contributed by atoms with Crippen LogP contribution in [0.15, 0.2) is 77.9 Å². The lowest BCUT2D eigenvalue weighted by molar-refractivity contribution is -0.347. The number of aryl methyl sites for hydroxylation is 2. The maximum atomic E-state index is 9.41. The van der Waals surface area contributed by atoms with E-state index in [4.69, 9.17) is 0 Å². The number of hydrogen-bond donors (Lipinski definition) is 0. The molecule has 0 unspecified atom stereocenters. The van der Waals surface area contributed by atoms with E-state index < -0.39 is 0 Å². The van der Waals surface area contributed by atoms with E-state index >= 15 is 0 Å². The second-order valence-electron chi connectivity index (χ2n) is 15.9. The van der Waals surface area contributed by atoms with Crippen molar-refractivity contribution >= 4 is 11.4 Å². The lowest BCUT2D eigenvalue weighted by atomic mass is 9.93. The summed E-state index contributed by atoms with van der Waals surface area (Å²) >= 11 is 0. The second-order valence-corrected chi connectivity index (χ2v) is 15.9. The van der Waals surface area contributed by atoms with Crippen molar-refractivity contribution in [2.24, 2.45) is 0 Å². The number of nitrogens with zero attached hydrogens (tertiary/aromatic N) is 1. The smallest absolute Gasteiger partial charge is 0.216 e. The summed E-state index contributed by atoms with van der Waals surface area (Å²) in [4.78, 5) is 0. The second kappa shape index (κ2) is 27.7. The molecule has 0 fully saturated rings. The van der Waals surface area contributed by atoms with Crippen molar-refractivity contribution in [2.75, 3.05) is 0 Å². The average Bonchev–Trinajstić information content (AvgIpc) is 3.42. The molecule has 1 aliphatic heterocycles. The molecule has 52 heavy (non-hydrogen) atoms. The molecule has 1 heterocycles. The lowest BCUT2D eigenvalue weighted by Gasteiger charge is -2.08. The fourth-order valence-electron chi connectivity index (χ4n) is 7.69. The van der Waals surface area contributed by atoms with E-state index in [-0.39, 0.29) is 0 Å². The third-order valence-electron chi connectivity index (χ3n) is 11.1. The van der Waals surface area contributed by atoms with Gasteiger partial charge in [-0.1, -0.05) is 215 Å². The zero-order chi connectivity index (χ0) is 37.1. The first-order valence-electron chi connectivity index (χ1n) is 22.2. The third-order valence-corrected chi connectivity index (χ3v) is 11.1. The molecule has 0 spiro atoms. The van der Waals surface area contributed by atoms with Gasteiger partial charge in [0.25, 0.3) is 0 Å². The Balaban J connectivity index is 1.35. The summed E-state index contributed by atoms with van der Waals surface area (Å²) in [5.41, 5.74) is 9.17. The zero-order valence-corrected chi connectivity index (χ0v) is 34.4. The Hall–Kier alpha value is -2.87. The third kappa shape index (κ3) is 16.9. The molecule has 0 aromatic heterocycles. The van der Waals surface area contributed by atoms with Crippen LogP contribution in [0, 0.1) is 13.8 Å². The maximum Gasteiger partial charge on any atom is 0.216 e. The highest BCUT2D eigenvalue weighted by Gasteiger charge is 2.34. The molecule has 288 valence electrons. The van der Waals surface area contributed by atoms with Crippen molar-refractivity contribution in [2.45, 2.75) is 201 Å². The highest BCUT2D eigenvalue weighted by Crippen LogP contribution is 2.36. The van der Waals surface area contributed by atoms with E-state index in [1.54, 1.807) is 4.68 Å². The van der Waals surface area contributed by atoms with Crippen LogP contribution in [0.2, 0.25) is 0 Å². The van der Waals surface area contributed by atoms with Gasteiger partial charge in [-0.3, -0.25) is 0 Å². The van der Waals surface area contributed by atoms with E-state index in [1.165, 1.54) is 183 Å². The first kappa shape index (κ1) is 43.5. The maximum absolute atomic E-state index is 9.41. The van der Waals surface area contributed by atoms with Crippen LogP contribution < -0.4 is 0 Å². The molecule has 0 saturated heterocycles. The van der Waals surface area contributed by atoms with Crippen LogP contribution in [-0.2, 0) is 0 Å². The zero-order valence-electron chi connectivity index (χ0n) is 34.4. The van der Waals surface area contributed by atoms with Crippen molar-refractivity contribution in [3.05, 3.63) is 106 Å². The molecular weight excluding hydrogens is 629 g/mol. The Labute approximate surface area is 322 Å². The molecule has 2 nitrogen and oxygen atoms in total. The molecule has 0 radical (unpaired) electrons. The minimum atomic E-state index is 1.00. The standard InChI is InChI=1S/C50H78N2/c1-5-7-9-11-12-13-14-15-16-17-18-19-20-21-22-23-24-25-26-27-28-29-30-32-34-48-47(33-31-10-8-6-2)49(45-39-35-43(3)36-40-45)52(51)50(48)46-41-37-44(4)38-42-46/h32-42,51H,5-31H2,1-4H3. The number of unbranched alkanes of at least 4 members (excludes halogenated alkanes) is 25. The number of hydrogen-bond acceptors (Lipinski definition) is 0. The van der Waals surface area contributed by atoms with Gasteiger partial charge >= 0.3 is 0 Å². The van der Waals surface area contributed by atoms with Crippen LogP contribution in [0.3, 0.4) is 0 Å². The number of benzene rings is 2. The summed E-state index contributed by atoms with van der Waals surface area (Å²) in [6.45, 7) is 8.84. The Morgan fingerprint density at radius 1 is 0.462 bits per heavy atom. The van der Waals surface area contributed by atoms with Crippen molar-refractivity contribution in [3.8, 4) is 0 Å². The Morgan fingerprint density at radius 2 is 0.827 bits per heavy atom. The highest BCUT2D eigenvalue weighted by atomic mass is 15.3. The van der Waals surface area contributed by atoms with Gasteiger partial charge in [0.15, 0.2) is 0 Å². The topological polar surface area (TPSA) is 26.8 Å². The van der Waals surface area contributed by atoms with E-state index in [2.05, 4.69) is 94.5 Å². The molecule has 0 saturated carbocycles. The molecule has 2 aromatic carbocycles. The van der Waals surface area contributed by atoms with Gasteiger partial charge in [-0.05, 0) is 63.8 Å².